The van der Waals surface area contributed by atoms with Gasteiger partial charge in [0.2, 0.25) is 0 Å². The molecule has 1 heterocycles. The van der Waals surface area contributed by atoms with Crippen LogP contribution in [0.4, 0.5) is 5.69 Å². The molecule has 1 aliphatic rings. The number of rotatable bonds is 4. The molecule has 0 saturated carbocycles. The van der Waals surface area contributed by atoms with Crippen LogP contribution in [0.5, 0.6) is 5.75 Å². The third kappa shape index (κ3) is 3.23. The SMILES string of the molecule is CCOc1ccc(N[C@H]2C=CS(=O)(=O)C2)cc1. The van der Waals surface area contributed by atoms with Crippen molar-refractivity contribution in [2.24, 2.45) is 0 Å². The maximum atomic E-state index is 11.2. The maximum absolute atomic E-state index is 11.2. The Bertz CT molecular complexity index is 505. The first-order valence-electron chi connectivity index (χ1n) is 5.49. The molecule has 2 rings (SSSR count). The van der Waals surface area contributed by atoms with E-state index < -0.39 is 9.84 Å². The van der Waals surface area contributed by atoms with E-state index in [1.807, 2.05) is 31.2 Å². The predicted octanol–water partition coefficient (Wildman–Crippen LogP) is 1.81. The van der Waals surface area contributed by atoms with Gasteiger partial charge < -0.3 is 10.1 Å². The van der Waals surface area contributed by atoms with E-state index in [0.717, 1.165) is 11.4 Å². The lowest BCUT2D eigenvalue weighted by molar-refractivity contribution is 0.340. The summed E-state index contributed by atoms with van der Waals surface area (Å²) >= 11 is 0. The van der Waals surface area contributed by atoms with Crippen molar-refractivity contribution in [1.29, 1.82) is 0 Å². The molecule has 1 aromatic rings. The van der Waals surface area contributed by atoms with Crippen molar-refractivity contribution in [2.75, 3.05) is 17.7 Å². The van der Waals surface area contributed by atoms with Crippen LogP contribution in [0.15, 0.2) is 35.7 Å². The first-order chi connectivity index (χ1) is 8.09. The molecule has 0 bridgehead atoms. The summed E-state index contributed by atoms with van der Waals surface area (Å²) in [5, 5.41) is 4.41. The van der Waals surface area contributed by atoms with E-state index in [2.05, 4.69) is 5.32 Å². The van der Waals surface area contributed by atoms with E-state index in [9.17, 15) is 8.42 Å². The highest BCUT2D eigenvalue weighted by Gasteiger charge is 2.21. The fourth-order valence-electron chi connectivity index (χ4n) is 1.69. The Morgan fingerprint density at radius 3 is 2.59 bits per heavy atom. The summed E-state index contributed by atoms with van der Waals surface area (Å²) in [7, 11) is -3.00. The minimum Gasteiger partial charge on any atom is -0.494 e. The Balaban J connectivity index is 1.98. The lowest BCUT2D eigenvalue weighted by Gasteiger charge is -2.12. The predicted molar refractivity (Wildman–Crippen MR) is 67.9 cm³/mol. The van der Waals surface area contributed by atoms with Crippen LogP contribution in [0.2, 0.25) is 0 Å². The lowest BCUT2D eigenvalue weighted by Crippen LogP contribution is -2.20. The third-order valence-corrected chi connectivity index (χ3v) is 3.84. The average molecular weight is 253 g/mol. The minimum atomic E-state index is -3.00. The molecule has 1 aromatic carbocycles. The lowest BCUT2D eigenvalue weighted by atomic mass is 10.2. The van der Waals surface area contributed by atoms with Gasteiger partial charge in [-0.1, -0.05) is 6.08 Å². The molecule has 1 aliphatic heterocycles. The molecular weight excluding hydrogens is 238 g/mol. The van der Waals surface area contributed by atoms with Gasteiger partial charge in [0.25, 0.3) is 0 Å². The molecule has 0 fully saturated rings. The maximum Gasteiger partial charge on any atom is 0.173 e. The summed E-state index contributed by atoms with van der Waals surface area (Å²) in [6.07, 6.45) is 1.67. The third-order valence-electron chi connectivity index (χ3n) is 2.45. The number of benzene rings is 1. The van der Waals surface area contributed by atoms with Gasteiger partial charge in [-0.2, -0.15) is 0 Å². The summed E-state index contributed by atoms with van der Waals surface area (Å²) in [6.45, 7) is 2.57. The average Bonchev–Trinajstić information content (AvgIpc) is 2.61. The first-order valence-corrected chi connectivity index (χ1v) is 7.21. The second-order valence-electron chi connectivity index (χ2n) is 3.87. The van der Waals surface area contributed by atoms with Crippen LogP contribution in [0.1, 0.15) is 6.92 Å². The summed E-state index contributed by atoms with van der Waals surface area (Å²) in [5.74, 6) is 0.938. The van der Waals surface area contributed by atoms with E-state index in [0.29, 0.717) is 6.61 Å². The summed E-state index contributed by atoms with van der Waals surface area (Å²) in [5.41, 5.74) is 0.889. The first kappa shape index (κ1) is 12.0. The molecular formula is C12H15NO3S. The molecule has 0 spiro atoms. The van der Waals surface area contributed by atoms with Gasteiger partial charge >= 0.3 is 0 Å². The standard InChI is InChI=1S/C12H15NO3S/c1-2-16-12-5-3-10(4-6-12)13-11-7-8-17(14,15)9-11/h3-8,11,13H,2,9H2,1H3/t11-/m0/s1. The number of hydrogen-bond donors (Lipinski definition) is 1. The van der Waals surface area contributed by atoms with Crippen molar-refractivity contribution in [2.45, 2.75) is 13.0 Å². The van der Waals surface area contributed by atoms with Crippen LogP contribution in [0.25, 0.3) is 0 Å². The molecule has 1 atom stereocenters. The molecule has 1 N–H and O–H groups in total. The Labute approximate surface area is 101 Å². The van der Waals surface area contributed by atoms with Crippen molar-refractivity contribution in [3.63, 3.8) is 0 Å². The van der Waals surface area contributed by atoms with Crippen LogP contribution in [-0.2, 0) is 9.84 Å². The van der Waals surface area contributed by atoms with Gasteiger partial charge in [-0.25, -0.2) is 8.42 Å². The van der Waals surface area contributed by atoms with Crippen LogP contribution >= 0.6 is 0 Å². The Morgan fingerprint density at radius 1 is 1.35 bits per heavy atom. The van der Waals surface area contributed by atoms with Gasteiger partial charge in [-0.15, -0.1) is 0 Å². The smallest absolute Gasteiger partial charge is 0.173 e. The van der Waals surface area contributed by atoms with Crippen molar-refractivity contribution < 1.29 is 13.2 Å². The van der Waals surface area contributed by atoms with Gasteiger partial charge in [-0.05, 0) is 31.2 Å². The summed E-state index contributed by atoms with van der Waals surface area (Å²) in [6, 6.07) is 7.34. The van der Waals surface area contributed by atoms with E-state index >= 15 is 0 Å². The number of nitrogens with one attached hydrogen (secondary N) is 1. The number of sulfone groups is 1. The Morgan fingerprint density at radius 2 is 2.06 bits per heavy atom. The molecule has 0 radical (unpaired) electrons. The van der Waals surface area contributed by atoms with E-state index in [1.54, 1.807) is 6.08 Å². The summed E-state index contributed by atoms with van der Waals surface area (Å²) in [4.78, 5) is 0. The zero-order valence-electron chi connectivity index (χ0n) is 9.59. The molecule has 92 valence electrons. The molecule has 0 amide bonds. The largest absolute Gasteiger partial charge is 0.494 e. The summed E-state index contributed by atoms with van der Waals surface area (Å²) < 4.78 is 27.8. The molecule has 4 nitrogen and oxygen atoms in total. The van der Waals surface area contributed by atoms with Crippen LogP contribution in [-0.4, -0.2) is 26.8 Å². The molecule has 17 heavy (non-hydrogen) atoms. The van der Waals surface area contributed by atoms with E-state index in [1.165, 1.54) is 5.41 Å². The molecule has 0 unspecified atom stereocenters. The number of anilines is 1. The second kappa shape index (κ2) is 4.79. The molecule has 0 aliphatic carbocycles. The molecule has 0 saturated heterocycles. The van der Waals surface area contributed by atoms with Gasteiger partial charge in [0.05, 0.1) is 18.4 Å². The molecule has 0 aromatic heterocycles. The van der Waals surface area contributed by atoms with Crippen molar-refractivity contribution in [3.8, 4) is 5.75 Å². The van der Waals surface area contributed by atoms with Crippen molar-refractivity contribution in [3.05, 3.63) is 35.7 Å². The van der Waals surface area contributed by atoms with Gasteiger partial charge in [-0.3, -0.25) is 0 Å². The number of hydrogen-bond acceptors (Lipinski definition) is 4. The normalized spacial score (nSPS) is 21.4. The van der Waals surface area contributed by atoms with Gasteiger partial charge in [0, 0.05) is 11.1 Å². The Hall–Kier alpha value is -1.49. The highest BCUT2D eigenvalue weighted by Crippen LogP contribution is 2.18. The van der Waals surface area contributed by atoms with E-state index in [4.69, 9.17) is 4.74 Å². The second-order valence-corrected chi connectivity index (χ2v) is 5.80. The van der Waals surface area contributed by atoms with E-state index in [-0.39, 0.29) is 11.8 Å². The monoisotopic (exact) mass is 253 g/mol. The van der Waals surface area contributed by atoms with Crippen LogP contribution in [0, 0.1) is 0 Å². The van der Waals surface area contributed by atoms with Crippen LogP contribution < -0.4 is 10.1 Å². The minimum absolute atomic E-state index is 0.125. The van der Waals surface area contributed by atoms with Crippen LogP contribution in [0.3, 0.4) is 0 Å². The van der Waals surface area contributed by atoms with Crippen molar-refractivity contribution in [1.82, 2.24) is 0 Å². The fraction of sp³-hybridized carbons (Fsp3) is 0.333. The fourth-order valence-corrected chi connectivity index (χ4v) is 2.93. The van der Waals surface area contributed by atoms with Gasteiger partial charge in [0.1, 0.15) is 5.75 Å². The Kier molecular flexibility index (Phi) is 3.38. The molecule has 5 heteroatoms. The van der Waals surface area contributed by atoms with Gasteiger partial charge in [0.15, 0.2) is 9.84 Å². The quantitative estimate of drug-likeness (QED) is 0.889. The zero-order chi connectivity index (χ0) is 12.3. The highest BCUT2D eigenvalue weighted by molar-refractivity contribution is 7.94. The number of ether oxygens (including phenoxy) is 1. The highest BCUT2D eigenvalue weighted by atomic mass is 32.2. The zero-order valence-corrected chi connectivity index (χ0v) is 10.4. The van der Waals surface area contributed by atoms with Crippen molar-refractivity contribution >= 4 is 15.5 Å². The topological polar surface area (TPSA) is 55.4 Å².